The number of nitrogens with one attached hydrogen (secondary N) is 1. The van der Waals surface area contributed by atoms with Crippen molar-refractivity contribution in [3.05, 3.63) is 23.8 Å². The molecule has 0 spiro atoms. The van der Waals surface area contributed by atoms with Crippen molar-refractivity contribution < 1.29 is 27.4 Å². The minimum Gasteiger partial charge on any atom is -0.489 e. The van der Waals surface area contributed by atoms with Gasteiger partial charge in [-0.15, -0.1) is 12.4 Å². The maximum Gasteiger partial charge on any atom is 0.416 e. The van der Waals surface area contributed by atoms with Gasteiger partial charge in [-0.1, -0.05) is 6.42 Å². The van der Waals surface area contributed by atoms with E-state index in [-0.39, 0.29) is 54.9 Å². The van der Waals surface area contributed by atoms with Crippen LogP contribution in [0.15, 0.2) is 18.2 Å². The number of rotatable bonds is 6. The minimum atomic E-state index is -4.50. The van der Waals surface area contributed by atoms with Crippen LogP contribution in [0.3, 0.4) is 0 Å². The first-order valence-electron chi connectivity index (χ1n) is 8.20. The number of hydrogen-bond donors (Lipinski definition) is 2. The lowest BCUT2D eigenvalue weighted by Gasteiger charge is -2.26. The molecule has 1 aromatic carbocycles. The molecule has 1 amide bonds. The quantitative estimate of drug-likeness (QED) is 0.720. The molecule has 2 unspecified atom stereocenters. The number of halogens is 4. The lowest BCUT2D eigenvalue weighted by molar-refractivity contribution is -0.137. The van der Waals surface area contributed by atoms with E-state index in [2.05, 4.69) is 5.32 Å². The largest absolute Gasteiger partial charge is 0.489 e. The maximum atomic E-state index is 13.0. The summed E-state index contributed by atoms with van der Waals surface area (Å²) in [7, 11) is 1.49. The van der Waals surface area contributed by atoms with Crippen LogP contribution in [0.2, 0.25) is 0 Å². The van der Waals surface area contributed by atoms with Gasteiger partial charge in [0.25, 0.3) is 0 Å². The Bertz CT molecular complexity index is 599. The van der Waals surface area contributed by atoms with Crippen molar-refractivity contribution in [1.82, 2.24) is 0 Å². The van der Waals surface area contributed by atoms with Crippen LogP contribution in [-0.2, 0) is 15.7 Å². The van der Waals surface area contributed by atoms with E-state index in [0.29, 0.717) is 12.8 Å². The van der Waals surface area contributed by atoms with Gasteiger partial charge >= 0.3 is 6.18 Å². The summed E-state index contributed by atoms with van der Waals surface area (Å²) >= 11 is 0. The van der Waals surface area contributed by atoms with Crippen LogP contribution < -0.4 is 15.8 Å². The summed E-state index contributed by atoms with van der Waals surface area (Å²) in [5.41, 5.74) is 5.05. The summed E-state index contributed by atoms with van der Waals surface area (Å²) in [6.07, 6.45) is -1.60. The summed E-state index contributed by atoms with van der Waals surface area (Å²) in [5, 5.41) is 2.58. The second kappa shape index (κ2) is 9.99. The average Bonchev–Trinajstić information content (AvgIpc) is 2.55. The predicted molar refractivity (Wildman–Crippen MR) is 94.6 cm³/mol. The van der Waals surface area contributed by atoms with Crippen molar-refractivity contribution >= 4 is 24.0 Å². The highest BCUT2D eigenvalue weighted by molar-refractivity contribution is 5.94. The van der Waals surface area contributed by atoms with Crippen LogP contribution >= 0.6 is 12.4 Å². The van der Waals surface area contributed by atoms with Gasteiger partial charge in [0.2, 0.25) is 5.91 Å². The summed E-state index contributed by atoms with van der Waals surface area (Å²) in [6.45, 7) is 0.449. The number of amides is 1. The van der Waals surface area contributed by atoms with Gasteiger partial charge in [0.05, 0.1) is 17.9 Å². The topological polar surface area (TPSA) is 73.6 Å². The van der Waals surface area contributed by atoms with Crippen molar-refractivity contribution in [1.29, 1.82) is 0 Å². The third-order valence-electron chi connectivity index (χ3n) is 4.20. The van der Waals surface area contributed by atoms with E-state index in [1.54, 1.807) is 0 Å². The van der Waals surface area contributed by atoms with Crippen LogP contribution in [0.5, 0.6) is 5.75 Å². The molecule has 1 aliphatic rings. The molecule has 1 fully saturated rings. The first-order chi connectivity index (χ1) is 11.8. The van der Waals surface area contributed by atoms with Gasteiger partial charge in [-0.05, 0) is 37.5 Å². The molecule has 2 atom stereocenters. The van der Waals surface area contributed by atoms with Crippen LogP contribution in [0, 0.1) is 5.92 Å². The third kappa shape index (κ3) is 6.34. The summed E-state index contributed by atoms with van der Waals surface area (Å²) < 4.78 is 49.2. The molecule has 0 aliphatic heterocycles. The molecule has 1 aliphatic carbocycles. The summed E-state index contributed by atoms with van der Waals surface area (Å²) in [6, 6.07) is 2.97. The van der Waals surface area contributed by atoms with E-state index in [1.165, 1.54) is 13.2 Å². The van der Waals surface area contributed by atoms with E-state index >= 15 is 0 Å². The fraction of sp³-hybridized carbons (Fsp3) is 0.588. The summed E-state index contributed by atoms with van der Waals surface area (Å²) in [4.78, 5) is 12.4. The van der Waals surface area contributed by atoms with Crippen molar-refractivity contribution in [2.24, 2.45) is 11.7 Å². The Balaban J connectivity index is 0.00000338. The molecule has 1 aromatic rings. The number of alkyl halides is 3. The van der Waals surface area contributed by atoms with Gasteiger partial charge in [0.1, 0.15) is 12.4 Å². The fourth-order valence-corrected chi connectivity index (χ4v) is 2.87. The lowest BCUT2D eigenvalue weighted by atomic mass is 9.85. The summed E-state index contributed by atoms with van der Waals surface area (Å²) in [5.74, 6) is -0.449. The number of ether oxygens (including phenoxy) is 2. The number of methoxy groups -OCH3 is 1. The van der Waals surface area contributed by atoms with Gasteiger partial charge in [-0.3, -0.25) is 4.79 Å². The number of carbonyl (C=O) groups excluding carboxylic acids is 1. The zero-order valence-corrected chi connectivity index (χ0v) is 15.3. The monoisotopic (exact) mass is 396 g/mol. The second-order valence-electron chi connectivity index (χ2n) is 6.16. The number of anilines is 1. The van der Waals surface area contributed by atoms with Crippen molar-refractivity contribution in [3.63, 3.8) is 0 Å². The Morgan fingerprint density at radius 3 is 2.65 bits per heavy atom. The molecule has 1 saturated carbocycles. The van der Waals surface area contributed by atoms with Crippen molar-refractivity contribution in [2.75, 3.05) is 25.6 Å². The van der Waals surface area contributed by atoms with Gasteiger partial charge in [-0.25, -0.2) is 0 Å². The number of hydrogen-bond acceptors (Lipinski definition) is 4. The predicted octanol–water partition coefficient (Wildman–Crippen LogP) is 3.61. The third-order valence-corrected chi connectivity index (χ3v) is 4.20. The fourth-order valence-electron chi connectivity index (χ4n) is 2.87. The SMILES string of the molecule is COCCOc1ccc(C(F)(F)F)cc1NC(=O)C1CCCC(N)C1.Cl. The molecule has 26 heavy (non-hydrogen) atoms. The molecule has 0 aromatic heterocycles. The van der Waals surface area contributed by atoms with E-state index < -0.39 is 11.7 Å². The van der Waals surface area contributed by atoms with Crippen LogP contribution in [0.1, 0.15) is 31.2 Å². The van der Waals surface area contributed by atoms with Gasteiger partial charge in [0, 0.05) is 19.1 Å². The zero-order chi connectivity index (χ0) is 18.4. The molecular weight excluding hydrogens is 373 g/mol. The van der Waals surface area contributed by atoms with E-state index in [9.17, 15) is 18.0 Å². The average molecular weight is 397 g/mol. The molecular formula is C17H24ClF3N2O3. The smallest absolute Gasteiger partial charge is 0.416 e. The van der Waals surface area contributed by atoms with Crippen LogP contribution in [-0.4, -0.2) is 32.3 Å². The minimum absolute atomic E-state index is 0. The van der Waals surface area contributed by atoms with Crippen molar-refractivity contribution in [2.45, 2.75) is 37.9 Å². The highest BCUT2D eigenvalue weighted by Crippen LogP contribution is 2.35. The maximum absolute atomic E-state index is 13.0. The lowest BCUT2D eigenvalue weighted by Crippen LogP contribution is -2.34. The first-order valence-corrected chi connectivity index (χ1v) is 8.20. The standard InChI is InChI=1S/C17H23F3N2O3.ClH/c1-24-7-8-25-15-6-5-12(17(18,19)20)10-14(15)22-16(23)11-3-2-4-13(21)9-11;/h5-6,10-11,13H,2-4,7-9,21H2,1H3,(H,22,23);1H. The van der Waals surface area contributed by atoms with Crippen LogP contribution in [0.25, 0.3) is 0 Å². The number of carbonyl (C=O) groups is 1. The molecule has 0 saturated heterocycles. The molecule has 148 valence electrons. The van der Waals surface area contributed by atoms with E-state index in [4.69, 9.17) is 15.2 Å². The number of nitrogens with two attached hydrogens (primary N) is 1. The van der Waals surface area contributed by atoms with Gasteiger partial charge in [0.15, 0.2) is 0 Å². The van der Waals surface area contributed by atoms with Crippen LogP contribution in [0.4, 0.5) is 18.9 Å². The van der Waals surface area contributed by atoms with Crippen molar-refractivity contribution in [3.8, 4) is 5.75 Å². The molecule has 0 heterocycles. The highest BCUT2D eigenvalue weighted by Gasteiger charge is 2.32. The number of benzene rings is 1. The zero-order valence-electron chi connectivity index (χ0n) is 14.5. The Hall–Kier alpha value is -1.51. The highest BCUT2D eigenvalue weighted by atomic mass is 35.5. The molecule has 0 radical (unpaired) electrons. The second-order valence-corrected chi connectivity index (χ2v) is 6.16. The molecule has 5 nitrogen and oxygen atoms in total. The van der Waals surface area contributed by atoms with Gasteiger partial charge in [-0.2, -0.15) is 13.2 Å². The molecule has 2 rings (SSSR count). The van der Waals surface area contributed by atoms with Gasteiger partial charge < -0.3 is 20.5 Å². The molecule has 3 N–H and O–H groups in total. The Labute approximate surface area is 156 Å². The van der Waals surface area contributed by atoms with E-state index in [1.807, 2.05) is 0 Å². The Morgan fingerprint density at radius 1 is 1.31 bits per heavy atom. The first kappa shape index (κ1) is 22.5. The molecule has 9 heteroatoms. The van der Waals surface area contributed by atoms with E-state index in [0.717, 1.165) is 25.0 Å². The Kier molecular flexibility index (Phi) is 8.66. The Morgan fingerprint density at radius 2 is 2.04 bits per heavy atom. The normalized spacial score (nSPS) is 20.2. The molecule has 0 bridgehead atoms.